The Morgan fingerprint density at radius 3 is 2.67 bits per heavy atom. The van der Waals surface area contributed by atoms with Crippen molar-refractivity contribution in [3.05, 3.63) is 36.7 Å². The monoisotopic (exact) mass is 417 g/mol. The standard InChI is InChI=1S/C18H19N5O7/c19-18-21-15-12(20-8-23(15)17-14(27)13(26)10(6-24)29-17)16(22-18)30-11(25)7-28-9-4-2-1-3-5-9/h1-5,8,10,13-14,17,24,26-27H,6-7H2,(H2,19,21,22)/t10-,13-,14-,17-/m1/s1. The van der Waals surface area contributed by atoms with Gasteiger partial charge in [-0.1, -0.05) is 18.2 Å². The van der Waals surface area contributed by atoms with Crippen LogP contribution in [0.25, 0.3) is 11.2 Å². The molecule has 1 aromatic carbocycles. The number of rotatable bonds is 6. The molecule has 2 aromatic heterocycles. The van der Waals surface area contributed by atoms with E-state index in [1.807, 2.05) is 6.07 Å². The lowest BCUT2D eigenvalue weighted by atomic mass is 10.1. The first-order valence-electron chi connectivity index (χ1n) is 8.99. The van der Waals surface area contributed by atoms with Crippen molar-refractivity contribution in [2.45, 2.75) is 24.5 Å². The molecule has 5 N–H and O–H groups in total. The number of anilines is 1. The number of nitrogen functional groups attached to an aromatic ring is 1. The second-order valence-electron chi connectivity index (χ2n) is 6.52. The van der Waals surface area contributed by atoms with Crippen molar-refractivity contribution < 1.29 is 34.3 Å². The maximum absolute atomic E-state index is 12.2. The minimum absolute atomic E-state index is 0.0926. The molecule has 1 fully saturated rings. The maximum Gasteiger partial charge on any atom is 0.350 e. The van der Waals surface area contributed by atoms with Crippen LogP contribution < -0.4 is 15.2 Å². The largest absolute Gasteiger partial charge is 0.482 e. The van der Waals surface area contributed by atoms with Gasteiger partial charge in [-0.3, -0.25) is 4.57 Å². The van der Waals surface area contributed by atoms with Crippen LogP contribution in [0.1, 0.15) is 6.23 Å². The number of aromatic nitrogens is 4. The topological polar surface area (TPSA) is 175 Å². The molecular formula is C18H19N5O7. The molecule has 12 nitrogen and oxygen atoms in total. The van der Waals surface area contributed by atoms with E-state index in [1.54, 1.807) is 24.3 Å². The Hall–Kier alpha value is -3.32. The Bertz CT molecular complexity index is 1040. The van der Waals surface area contributed by atoms with Crippen molar-refractivity contribution in [1.29, 1.82) is 0 Å². The molecule has 158 valence electrons. The number of esters is 1. The van der Waals surface area contributed by atoms with E-state index >= 15 is 0 Å². The highest BCUT2D eigenvalue weighted by Gasteiger charge is 2.44. The van der Waals surface area contributed by atoms with E-state index in [0.717, 1.165) is 0 Å². The number of ether oxygens (including phenoxy) is 3. The zero-order chi connectivity index (χ0) is 21.3. The van der Waals surface area contributed by atoms with Crippen LogP contribution in [-0.4, -0.2) is 72.3 Å². The first kappa shape index (κ1) is 20.0. The highest BCUT2D eigenvalue weighted by molar-refractivity contribution is 5.82. The van der Waals surface area contributed by atoms with Crippen LogP contribution in [0.3, 0.4) is 0 Å². The van der Waals surface area contributed by atoms with Crippen LogP contribution >= 0.6 is 0 Å². The first-order valence-corrected chi connectivity index (χ1v) is 8.99. The number of aliphatic hydroxyl groups excluding tert-OH is 3. The summed E-state index contributed by atoms with van der Waals surface area (Å²) in [6, 6.07) is 8.72. The van der Waals surface area contributed by atoms with Crippen LogP contribution in [0, 0.1) is 0 Å². The summed E-state index contributed by atoms with van der Waals surface area (Å²) < 4.78 is 17.4. The van der Waals surface area contributed by atoms with Crippen LogP contribution in [0.5, 0.6) is 11.6 Å². The second kappa shape index (κ2) is 8.20. The Morgan fingerprint density at radius 1 is 1.20 bits per heavy atom. The third-order valence-electron chi connectivity index (χ3n) is 4.51. The number of hydrogen-bond acceptors (Lipinski definition) is 11. The summed E-state index contributed by atoms with van der Waals surface area (Å²) in [6.45, 7) is -0.853. The van der Waals surface area contributed by atoms with Gasteiger partial charge in [0.1, 0.15) is 24.1 Å². The van der Waals surface area contributed by atoms with E-state index in [1.165, 1.54) is 10.9 Å². The van der Waals surface area contributed by atoms with Crippen molar-refractivity contribution in [3.8, 4) is 11.6 Å². The van der Waals surface area contributed by atoms with E-state index in [9.17, 15) is 20.1 Å². The summed E-state index contributed by atoms with van der Waals surface area (Å²) in [5.41, 5.74) is 5.94. The van der Waals surface area contributed by atoms with Gasteiger partial charge in [-0.05, 0) is 12.1 Å². The molecule has 4 rings (SSSR count). The molecule has 1 saturated heterocycles. The van der Waals surface area contributed by atoms with Gasteiger partial charge >= 0.3 is 5.97 Å². The van der Waals surface area contributed by atoms with Crippen molar-refractivity contribution in [2.75, 3.05) is 18.9 Å². The van der Waals surface area contributed by atoms with Crippen molar-refractivity contribution in [2.24, 2.45) is 0 Å². The van der Waals surface area contributed by atoms with Gasteiger partial charge in [0.25, 0.3) is 5.88 Å². The van der Waals surface area contributed by atoms with Crippen molar-refractivity contribution >= 4 is 23.1 Å². The van der Waals surface area contributed by atoms with Gasteiger partial charge in [-0.25, -0.2) is 9.78 Å². The summed E-state index contributed by atoms with van der Waals surface area (Å²) in [4.78, 5) is 24.2. The Labute approximate surface area is 169 Å². The lowest BCUT2D eigenvalue weighted by Crippen LogP contribution is -2.33. The van der Waals surface area contributed by atoms with E-state index in [2.05, 4.69) is 15.0 Å². The molecule has 0 spiro atoms. The number of carbonyl (C=O) groups excluding carboxylic acids is 1. The normalized spacial score (nSPS) is 23.6. The molecule has 0 radical (unpaired) electrons. The number of benzene rings is 1. The first-order chi connectivity index (χ1) is 14.5. The van der Waals surface area contributed by atoms with Crippen LogP contribution in [0.4, 0.5) is 5.95 Å². The number of hydrogen-bond donors (Lipinski definition) is 4. The lowest BCUT2D eigenvalue weighted by molar-refractivity contribution is -0.136. The summed E-state index contributed by atoms with van der Waals surface area (Å²) in [5, 5.41) is 29.5. The van der Waals surface area contributed by atoms with Gasteiger partial charge < -0.3 is 35.3 Å². The third kappa shape index (κ3) is 3.76. The molecule has 0 aliphatic carbocycles. The summed E-state index contributed by atoms with van der Waals surface area (Å²) >= 11 is 0. The van der Waals surface area contributed by atoms with E-state index in [0.29, 0.717) is 5.75 Å². The molecule has 3 aromatic rings. The number of fused-ring (bicyclic) bond motifs is 1. The number of nitrogens with zero attached hydrogens (tertiary/aromatic N) is 4. The molecule has 1 aliphatic heterocycles. The molecule has 0 saturated carbocycles. The van der Waals surface area contributed by atoms with E-state index < -0.39 is 37.1 Å². The molecular weight excluding hydrogens is 398 g/mol. The number of aliphatic hydroxyl groups is 3. The number of para-hydroxylation sites is 1. The third-order valence-corrected chi connectivity index (χ3v) is 4.51. The fourth-order valence-corrected chi connectivity index (χ4v) is 3.07. The van der Waals surface area contributed by atoms with E-state index in [4.69, 9.17) is 19.9 Å². The van der Waals surface area contributed by atoms with Crippen molar-refractivity contribution in [1.82, 2.24) is 19.5 Å². The Kier molecular flexibility index (Phi) is 5.46. The number of nitrogens with two attached hydrogens (primary N) is 1. The molecule has 1 aliphatic rings. The molecule has 4 atom stereocenters. The minimum atomic E-state index is -1.35. The zero-order valence-electron chi connectivity index (χ0n) is 15.5. The van der Waals surface area contributed by atoms with Gasteiger partial charge in [0.2, 0.25) is 5.95 Å². The highest BCUT2D eigenvalue weighted by Crippen LogP contribution is 2.33. The SMILES string of the molecule is Nc1nc(OC(=O)COc2ccccc2)c2ncn([C@@H]3O[C@H](CO)[C@@H](O)[C@H]3O)c2n1. The van der Waals surface area contributed by atoms with E-state index in [-0.39, 0.29) is 29.6 Å². The number of carbonyl (C=O) groups is 1. The second-order valence-corrected chi connectivity index (χ2v) is 6.52. The predicted molar refractivity (Wildman–Crippen MR) is 100 cm³/mol. The lowest BCUT2D eigenvalue weighted by Gasteiger charge is -2.16. The summed E-state index contributed by atoms with van der Waals surface area (Å²) in [6.07, 6.45) is -3.43. The van der Waals surface area contributed by atoms with Gasteiger partial charge in [0, 0.05) is 0 Å². The van der Waals surface area contributed by atoms with Gasteiger partial charge in [0.15, 0.2) is 24.0 Å². The fourth-order valence-electron chi connectivity index (χ4n) is 3.07. The molecule has 30 heavy (non-hydrogen) atoms. The average Bonchev–Trinajstić information content (AvgIpc) is 3.28. The molecule has 0 unspecified atom stereocenters. The Morgan fingerprint density at radius 2 is 1.97 bits per heavy atom. The van der Waals surface area contributed by atoms with Gasteiger partial charge in [-0.15, -0.1) is 0 Å². The van der Waals surface area contributed by atoms with Gasteiger partial charge in [0.05, 0.1) is 12.9 Å². The zero-order valence-corrected chi connectivity index (χ0v) is 15.5. The fraction of sp³-hybridized carbons (Fsp3) is 0.333. The maximum atomic E-state index is 12.2. The predicted octanol–water partition coefficient (Wildman–Crippen LogP) is -0.996. The Balaban J connectivity index is 1.56. The summed E-state index contributed by atoms with van der Waals surface area (Å²) in [7, 11) is 0. The van der Waals surface area contributed by atoms with Crippen LogP contribution in [0.15, 0.2) is 36.7 Å². The molecule has 0 amide bonds. The van der Waals surface area contributed by atoms with Crippen LogP contribution in [-0.2, 0) is 9.53 Å². The average molecular weight is 417 g/mol. The van der Waals surface area contributed by atoms with Crippen LogP contribution in [0.2, 0.25) is 0 Å². The number of imidazole rings is 1. The minimum Gasteiger partial charge on any atom is -0.482 e. The molecule has 12 heteroatoms. The summed E-state index contributed by atoms with van der Waals surface area (Å²) in [5.74, 6) is -0.636. The van der Waals surface area contributed by atoms with Crippen molar-refractivity contribution in [3.63, 3.8) is 0 Å². The quantitative estimate of drug-likeness (QED) is 0.362. The smallest absolute Gasteiger partial charge is 0.350 e. The molecule has 3 heterocycles. The van der Waals surface area contributed by atoms with Gasteiger partial charge in [-0.2, -0.15) is 9.97 Å². The molecule has 0 bridgehead atoms. The highest BCUT2D eigenvalue weighted by atomic mass is 16.6.